The lowest BCUT2D eigenvalue weighted by Crippen LogP contribution is -2.35. The van der Waals surface area contributed by atoms with Crippen molar-refractivity contribution in [2.45, 2.75) is 44.8 Å². The standard InChI is InChI=1S/C13H21NOS/c1-10(11-5-2-3-6-11)14-9-12(15)13-7-4-8-16-13/h4,7-8,10-12,14-15H,2-3,5-6,9H2,1H3. The zero-order valence-electron chi connectivity index (χ0n) is 9.86. The van der Waals surface area contributed by atoms with Crippen molar-refractivity contribution in [3.8, 4) is 0 Å². The van der Waals surface area contributed by atoms with E-state index in [1.165, 1.54) is 25.7 Å². The third kappa shape index (κ3) is 3.06. The Bertz CT molecular complexity index is 293. The van der Waals surface area contributed by atoms with Crippen LogP contribution in [0.15, 0.2) is 17.5 Å². The molecule has 2 rings (SSSR count). The first kappa shape index (κ1) is 12.1. The smallest absolute Gasteiger partial charge is 0.101 e. The predicted octanol–water partition coefficient (Wildman–Crippen LogP) is 2.95. The van der Waals surface area contributed by atoms with E-state index in [0.29, 0.717) is 12.6 Å². The van der Waals surface area contributed by atoms with E-state index in [1.807, 2.05) is 17.5 Å². The molecule has 1 aliphatic rings. The third-order valence-corrected chi connectivity index (χ3v) is 4.59. The van der Waals surface area contributed by atoms with E-state index < -0.39 is 0 Å². The second-order valence-electron chi connectivity index (χ2n) is 4.77. The topological polar surface area (TPSA) is 32.3 Å². The first-order valence-electron chi connectivity index (χ1n) is 6.22. The van der Waals surface area contributed by atoms with Crippen molar-refractivity contribution in [2.75, 3.05) is 6.54 Å². The fourth-order valence-electron chi connectivity index (χ4n) is 2.50. The van der Waals surface area contributed by atoms with Gasteiger partial charge in [0.05, 0.1) is 0 Å². The zero-order chi connectivity index (χ0) is 11.4. The van der Waals surface area contributed by atoms with Gasteiger partial charge in [0.1, 0.15) is 6.10 Å². The summed E-state index contributed by atoms with van der Waals surface area (Å²) in [5, 5.41) is 15.4. The summed E-state index contributed by atoms with van der Waals surface area (Å²) in [5.74, 6) is 0.815. The summed E-state index contributed by atoms with van der Waals surface area (Å²) >= 11 is 1.62. The number of thiophene rings is 1. The van der Waals surface area contributed by atoms with Crippen LogP contribution >= 0.6 is 11.3 Å². The van der Waals surface area contributed by atoms with Crippen LogP contribution in [0.3, 0.4) is 0 Å². The second kappa shape index (κ2) is 5.80. The molecule has 0 aromatic carbocycles. The third-order valence-electron chi connectivity index (χ3n) is 3.61. The molecule has 2 atom stereocenters. The summed E-state index contributed by atoms with van der Waals surface area (Å²) < 4.78 is 0. The highest BCUT2D eigenvalue weighted by Gasteiger charge is 2.21. The number of rotatable bonds is 5. The monoisotopic (exact) mass is 239 g/mol. The molecule has 2 N–H and O–H groups in total. The summed E-state index contributed by atoms with van der Waals surface area (Å²) in [6.07, 6.45) is 5.12. The molecular formula is C13H21NOS. The van der Waals surface area contributed by atoms with Gasteiger partial charge in [-0.2, -0.15) is 0 Å². The van der Waals surface area contributed by atoms with Gasteiger partial charge in [0.2, 0.25) is 0 Å². The Kier molecular flexibility index (Phi) is 4.38. The Morgan fingerprint density at radius 1 is 1.50 bits per heavy atom. The Labute approximate surface area is 102 Å². The first-order valence-corrected chi connectivity index (χ1v) is 7.10. The van der Waals surface area contributed by atoms with Crippen molar-refractivity contribution in [3.63, 3.8) is 0 Å². The molecule has 0 radical (unpaired) electrons. The van der Waals surface area contributed by atoms with Crippen molar-refractivity contribution in [3.05, 3.63) is 22.4 Å². The largest absolute Gasteiger partial charge is 0.386 e. The van der Waals surface area contributed by atoms with Gasteiger partial charge in [-0.05, 0) is 37.1 Å². The normalized spacial score (nSPS) is 21.1. The molecule has 1 heterocycles. The molecule has 3 heteroatoms. The maximum absolute atomic E-state index is 9.95. The molecule has 0 amide bonds. The molecule has 2 nitrogen and oxygen atoms in total. The van der Waals surface area contributed by atoms with Crippen LogP contribution in [0.5, 0.6) is 0 Å². The highest BCUT2D eigenvalue weighted by atomic mass is 32.1. The lowest BCUT2D eigenvalue weighted by atomic mass is 10.00. The van der Waals surface area contributed by atoms with Gasteiger partial charge in [-0.3, -0.25) is 0 Å². The molecule has 1 saturated carbocycles. The lowest BCUT2D eigenvalue weighted by Gasteiger charge is -2.21. The summed E-state index contributed by atoms with van der Waals surface area (Å²) in [7, 11) is 0. The SMILES string of the molecule is CC(NCC(O)c1cccs1)C1CCCC1. The van der Waals surface area contributed by atoms with Gasteiger partial charge in [0.15, 0.2) is 0 Å². The van der Waals surface area contributed by atoms with Crippen LogP contribution < -0.4 is 5.32 Å². The molecule has 0 bridgehead atoms. The summed E-state index contributed by atoms with van der Waals surface area (Å²) in [5.41, 5.74) is 0. The Morgan fingerprint density at radius 3 is 2.88 bits per heavy atom. The molecule has 1 aromatic rings. The highest BCUT2D eigenvalue weighted by Crippen LogP contribution is 2.27. The number of aliphatic hydroxyl groups excluding tert-OH is 1. The second-order valence-corrected chi connectivity index (χ2v) is 5.75. The van der Waals surface area contributed by atoms with Crippen LogP contribution in [-0.4, -0.2) is 17.7 Å². The summed E-state index contributed by atoms with van der Waals surface area (Å²) in [6, 6.07) is 4.53. The van der Waals surface area contributed by atoms with E-state index in [2.05, 4.69) is 12.2 Å². The minimum atomic E-state index is -0.344. The Hall–Kier alpha value is -0.380. The molecule has 0 saturated heterocycles. The molecule has 0 aliphatic heterocycles. The van der Waals surface area contributed by atoms with Gasteiger partial charge in [0, 0.05) is 17.5 Å². The minimum absolute atomic E-state index is 0.344. The van der Waals surface area contributed by atoms with Crippen LogP contribution in [0.2, 0.25) is 0 Å². The Morgan fingerprint density at radius 2 is 2.25 bits per heavy atom. The average Bonchev–Trinajstić information content (AvgIpc) is 2.95. The fraction of sp³-hybridized carbons (Fsp3) is 0.692. The molecule has 1 fully saturated rings. The van der Waals surface area contributed by atoms with Crippen molar-refractivity contribution >= 4 is 11.3 Å². The maximum Gasteiger partial charge on any atom is 0.101 e. The molecule has 90 valence electrons. The lowest BCUT2D eigenvalue weighted by molar-refractivity contribution is 0.169. The molecule has 1 aromatic heterocycles. The zero-order valence-corrected chi connectivity index (χ0v) is 10.7. The van der Waals surface area contributed by atoms with Crippen LogP contribution in [0.4, 0.5) is 0 Å². The number of aliphatic hydroxyl groups is 1. The molecule has 1 aliphatic carbocycles. The van der Waals surface area contributed by atoms with Crippen molar-refractivity contribution in [1.29, 1.82) is 0 Å². The van der Waals surface area contributed by atoms with Crippen molar-refractivity contribution in [1.82, 2.24) is 5.32 Å². The highest BCUT2D eigenvalue weighted by molar-refractivity contribution is 7.10. The molecule has 2 unspecified atom stereocenters. The maximum atomic E-state index is 9.95. The van der Waals surface area contributed by atoms with Crippen LogP contribution in [0, 0.1) is 5.92 Å². The van der Waals surface area contributed by atoms with E-state index in [9.17, 15) is 5.11 Å². The minimum Gasteiger partial charge on any atom is -0.386 e. The van der Waals surface area contributed by atoms with Gasteiger partial charge in [0.25, 0.3) is 0 Å². The fourth-order valence-corrected chi connectivity index (χ4v) is 3.21. The van der Waals surface area contributed by atoms with Gasteiger partial charge >= 0.3 is 0 Å². The van der Waals surface area contributed by atoms with Crippen LogP contribution in [-0.2, 0) is 0 Å². The summed E-state index contributed by atoms with van der Waals surface area (Å²) in [4.78, 5) is 1.06. The van der Waals surface area contributed by atoms with E-state index in [0.717, 1.165) is 10.8 Å². The van der Waals surface area contributed by atoms with E-state index >= 15 is 0 Å². The first-order chi connectivity index (χ1) is 7.77. The average molecular weight is 239 g/mol. The van der Waals surface area contributed by atoms with E-state index in [1.54, 1.807) is 11.3 Å². The van der Waals surface area contributed by atoms with Crippen molar-refractivity contribution < 1.29 is 5.11 Å². The quantitative estimate of drug-likeness (QED) is 0.828. The van der Waals surface area contributed by atoms with Crippen LogP contribution in [0.25, 0.3) is 0 Å². The number of hydrogen-bond acceptors (Lipinski definition) is 3. The number of nitrogens with one attached hydrogen (secondary N) is 1. The Balaban J connectivity index is 1.74. The number of hydrogen-bond donors (Lipinski definition) is 2. The molecule has 16 heavy (non-hydrogen) atoms. The van der Waals surface area contributed by atoms with E-state index in [-0.39, 0.29) is 6.10 Å². The van der Waals surface area contributed by atoms with E-state index in [4.69, 9.17) is 0 Å². The molecule has 0 spiro atoms. The van der Waals surface area contributed by atoms with Gasteiger partial charge < -0.3 is 10.4 Å². The predicted molar refractivity (Wildman–Crippen MR) is 68.7 cm³/mol. The van der Waals surface area contributed by atoms with Gasteiger partial charge in [-0.25, -0.2) is 0 Å². The van der Waals surface area contributed by atoms with Crippen molar-refractivity contribution in [2.24, 2.45) is 5.92 Å². The van der Waals surface area contributed by atoms with Crippen LogP contribution in [0.1, 0.15) is 43.6 Å². The van der Waals surface area contributed by atoms with Gasteiger partial charge in [-0.1, -0.05) is 18.9 Å². The molecular weight excluding hydrogens is 218 g/mol. The summed E-state index contributed by atoms with van der Waals surface area (Å²) in [6.45, 7) is 2.93. The van der Waals surface area contributed by atoms with Gasteiger partial charge in [-0.15, -0.1) is 11.3 Å².